The molecule has 0 radical (unpaired) electrons. The molecule has 0 aliphatic carbocycles. The molecule has 0 saturated heterocycles. The smallest absolute Gasteiger partial charge is 0.284 e. The van der Waals surface area contributed by atoms with E-state index in [0.717, 1.165) is 5.01 Å². The quantitative estimate of drug-likeness (QED) is 0.686. The molecule has 0 spiro atoms. The van der Waals surface area contributed by atoms with Crippen LogP contribution in [0, 0.1) is 0 Å². The summed E-state index contributed by atoms with van der Waals surface area (Å²) in [7, 11) is -4.25. The molecule has 0 aromatic carbocycles. The Bertz CT molecular complexity index is 349. The van der Waals surface area contributed by atoms with Gasteiger partial charge in [-0.15, -0.1) is 0 Å². The van der Waals surface area contributed by atoms with Crippen LogP contribution in [0.15, 0.2) is 5.10 Å². The molecule has 0 fully saturated rings. The summed E-state index contributed by atoms with van der Waals surface area (Å²) in [6, 6.07) is 0. The zero-order valence-corrected chi connectivity index (χ0v) is 8.57. The molecule has 1 unspecified atom stereocenters. The molecular weight excluding hydrogens is 208 g/mol. The fourth-order valence-corrected chi connectivity index (χ4v) is 2.20. The highest BCUT2D eigenvalue weighted by molar-refractivity contribution is 7.86. The second-order valence-corrected chi connectivity index (χ2v) is 4.57. The minimum absolute atomic E-state index is 0.0930. The van der Waals surface area contributed by atoms with Crippen molar-refractivity contribution in [3.63, 3.8) is 0 Å². The van der Waals surface area contributed by atoms with Gasteiger partial charge in [-0.2, -0.15) is 13.5 Å². The highest BCUT2D eigenvalue weighted by Crippen LogP contribution is 2.17. The van der Waals surface area contributed by atoms with Crippen LogP contribution in [0.3, 0.4) is 0 Å². The van der Waals surface area contributed by atoms with Crippen LogP contribution in [0.4, 0.5) is 0 Å². The second kappa shape index (κ2) is 4.05. The van der Waals surface area contributed by atoms with E-state index in [1.54, 1.807) is 6.92 Å². The molecule has 1 aliphatic rings. The number of hydrazone groups is 1. The Morgan fingerprint density at radius 2 is 2.36 bits per heavy atom. The van der Waals surface area contributed by atoms with E-state index >= 15 is 0 Å². The van der Waals surface area contributed by atoms with Gasteiger partial charge in [0, 0.05) is 6.21 Å². The Morgan fingerprint density at radius 1 is 1.71 bits per heavy atom. The average Bonchev–Trinajstić information content (AvgIpc) is 2.45. The Kier molecular flexibility index (Phi) is 3.22. The molecular formula is C7H12N2O4S. The Balaban J connectivity index is 2.88. The molecule has 1 N–H and O–H groups in total. The van der Waals surface area contributed by atoms with Crippen LogP contribution in [0.1, 0.15) is 26.2 Å². The standard InChI is InChI=1S/C7H12N2O4S/c1-2-3-7(14(11,12)13)9-6(10)4-5-8-9/h5,7H,2-4H2,1H3,(H,11,12,13). The number of rotatable bonds is 4. The Hall–Kier alpha value is -0.950. The second-order valence-electron chi connectivity index (χ2n) is 3.00. The van der Waals surface area contributed by atoms with Crippen LogP contribution in [0.5, 0.6) is 0 Å². The van der Waals surface area contributed by atoms with Crippen molar-refractivity contribution in [1.29, 1.82) is 0 Å². The van der Waals surface area contributed by atoms with Crippen molar-refractivity contribution in [3.05, 3.63) is 0 Å². The van der Waals surface area contributed by atoms with Crippen molar-refractivity contribution in [2.24, 2.45) is 5.10 Å². The van der Waals surface area contributed by atoms with Crippen molar-refractivity contribution < 1.29 is 17.8 Å². The number of nitrogens with zero attached hydrogens (tertiary/aromatic N) is 2. The first-order valence-corrected chi connectivity index (χ1v) is 5.78. The van der Waals surface area contributed by atoms with Crippen molar-refractivity contribution >= 4 is 22.2 Å². The summed E-state index contributed by atoms with van der Waals surface area (Å²) in [6.45, 7) is 1.77. The molecule has 0 saturated carbocycles. The molecule has 6 nitrogen and oxygen atoms in total. The number of carbonyl (C=O) groups is 1. The van der Waals surface area contributed by atoms with Gasteiger partial charge >= 0.3 is 0 Å². The first kappa shape index (κ1) is 11.1. The minimum atomic E-state index is -4.25. The van der Waals surface area contributed by atoms with Crippen LogP contribution in [0.2, 0.25) is 0 Å². The van der Waals surface area contributed by atoms with Gasteiger partial charge in [0.2, 0.25) is 5.91 Å². The van der Waals surface area contributed by atoms with Crippen LogP contribution in [0.25, 0.3) is 0 Å². The van der Waals surface area contributed by atoms with Crippen molar-refractivity contribution in [2.75, 3.05) is 0 Å². The summed E-state index contributed by atoms with van der Waals surface area (Å²) in [5, 5.41) is 3.22. The van der Waals surface area contributed by atoms with E-state index in [2.05, 4.69) is 5.10 Å². The molecule has 0 bridgehead atoms. The lowest BCUT2D eigenvalue weighted by Gasteiger charge is -2.20. The van der Waals surface area contributed by atoms with Crippen LogP contribution >= 0.6 is 0 Å². The SMILES string of the molecule is CCCC(N1N=CCC1=O)S(=O)(=O)O. The minimum Gasteiger partial charge on any atom is -0.284 e. The molecule has 14 heavy (non-hydrogen) atoms. The van der Waals surface area contributed by atoms with Gasteiger partial charge in [0.25, 0.3) is 10.1 Å². The van der Waals surface area contributed by atoms with Gasteiger partial charge in [-0.1, -0.05) is 13.3 Å². The highest BCUT2D eigenvalue weighted by Gasteiger charge is 2.34. The van der Waals surface area contributed by atoms with Gasteiger partial charge in [-0.3, -0.25) is 9.35 Å². The first-order chi connectivity index (χ1) is 6.46. The third kappa shape index (κ3) is 2.30. The molecule has 1 amide bonds. The normalized spacial score (nSPS) is 19.0. The molecule has 1 aliphatic heterocycles. The van der Waals surface area contributed by atoms with E-state index in [4.69, 9.17) is 4.55 Å². The molecule has 0 aromatic rings. The number of carbonyl (C=O) groups excluding carboxylic acids is 1. The lowest BCUT2D eigenvalue weighted by Crippen LogP contribution is -2.39. The lowest BCUT2D eigenvalue weighted by atomic mass is 10.3. The van der Waals surface area contributed by atoms with Gasteiger partial charge < -0.3 is 0 Å². The third-order valence-corrected chi connectivity index (χ3v) is 3.00. The Morgan fingerprint density at radius 3 is 2.71 bits per heavy atom. The van der Waals surface area contributed by atoms with Gasteiger partial charge in [0.05, 0.1) is 6.42 Å². The van der Waals surface area contributed by atoms with Crippen LogP contribution in [-0.2, 0) is 14.9 Å². The van der Waals surface area contributed by atoms with Crippen molar-refractivity contribution in [2.45, 2.75) is 31.6 Å². The molecule has 1 atom stereocenters. The fraction of sp³-hybridized carbons (Fsp3) is 0.714. The van der Waals surface area contributed by atoms with Gasteiger partial charge in [-0.05, 0) is 6.42 Å². The Labute approximate surface area is 82.3 Å². The molecule has 0 aromatic heterocycles. The highest BCUT2D eigenvalue weighted by atomic mass is 32.2. The van der Waals surface area contributed by atoms with Crippen molar-refractivity contribution in [1.82, 2.24) is 5.01 Å². The summed E-state index contributed by atoms with van der Waals surface area (Å²) in [6.07, 6.45) is 2.15. The van der Waals surface area contributed by atoms with Crippen LogP contribution in [-0.4, -0.2) is 35.5 Å². The summed E-state index contributed by atoms with van der Waals surface area (Å²) in [5.41, 5.74) is 0. The zero-order valence-electron chi connectivity index (χ0n) is 7.75. The number of hydrogen-bond acceptors (Lipinski definition) is 4. The number of hydrogen-bond donors (Lipinski definition) is 1. The summed E-state index contributed by atoms with van der Waals surface area (Å²) in [4.78, 5) is 11.2. The summed E-state index contributed by atoms with van der Waals surface area (Å²) >= 11 is 0. The maximum Gasteiger partial charge on any atom is 0.288 e. The predicted molar refractivity (Wildman–Crippen MR) is 50.2 cm³/mol. The maximum atomic E-state index is 11.2. The average molecular weight is 220 g/mol. The van der Waals surface area contributed by atoms with Gasteiger partial charge in [-0.25, -0.2) is 5.01 Å². The van der Waals surface area contributed by atoms with Gasteiger partial charge in [0.1, 0.15) is 0 Å². The first-order valence-electron chi connectivity index (χ1n) is 4.27. The van der Waals surface area contributed by atoms with E-state index in [9.17, 15) is 13.2 Å². The van der Waals surface area contributed by atoms with E-state index in [1.165, 1.54) is 6.21 Å². The number of amides is 1. The van der Waals surface area contributed by atoms with E-state index in [1.807, 2.05) is 0 Å². The molecule has 1 heterocycles. The van der Waals surface area contributed by atoms with E-state index in [0.29, 0.717) is 6.42 Å². The molecule has 7 heteroatoms. The van der Waals surface area contributed by atoms with E-state index < -0.39 is 21.4 Å². The van der Waals surface area contributed by atoms with Gasteiger partial charge in [0.15, 0.2) is 5.37 Å². The summed E-state index contributed by atoms with van der Waals surface area (Å²) in [5.74, 6) is -0.402. The third-order valence-electron chi connectivity index (χ3n) is 1.88. The zero-order chi connectivity index (χ0) is 10.8. The van der Waals surface area contributed by atoms with Crippen LogP contribution < -0.4 is 0 Å². The monoisotopic (exact) mass is 220 g/mol. The molecule has 80 valence electrons. The lowest BCUT2D eigenvalue weighted by molar-refractivity contribution is -0.129. The van der Waals surface area contributed by atoms with E-state index in [-0.39, 0.29) is 12.8 Å². The largest absolute Gasteiger partial charge is 0.288 e. The summed E-state index contributed by atoms with van der Waals surface area (Å²) < 4.78 is 30.8. The fourth-order valence-electron chi connectivity index (χ4n) is 1.24. The predicted octanol–water partition coefficient (Wildman–Crippen LogP) is 0.219. The van der Waals surface area contributed by atoms with Crippen molar-refractivity contribution in [3.8, 4) is 0 Å². The maximum absolute atomic E-state index is 11.2. The topological polar surface area (TPSA) is 87.0 Å². The molecule has 1 rings (SSSR count).